The van der Waals surface area contributed by atoms with E-state index < -0.39 is 0 Å². The summed E-state index contributed by atoms with van der Waals surface area (Å²) in [6, 6.07) is 4.85. The predicted molar refractivity (Wildman–Crippen MR) is 85.3 cm³/mol. The molecule has 21 heavy (non-hydrogen) atoms. The highest BCUT2D eigenvalue weighted by atomic mass is 35.5. The quantitative estimate of drug-likeness (QED) is 0.732. The first-order valence-corrected chi connectivity index (χ1v) is 8.35. The topological polar surface area (TPSA) is 17.8 Å². The molecule has 0 radical (unpaired) electrons. The summed E-state index contributed by atoms with van der Waals surface area (Å²) >= 11 is 5.92. The van der Waals surface area contributed by atoms with Gasteiger partial charge in [0.15, 0.2) is 0 Å². The van der Waals surface area contributed by atoms with Crippen LogP contribution in [0.15, 0.2) is 18.2 Å². The summed E-state index contributed by atoms with van der Waals surface area (Å²) in [5, 5.41) is 0. The molecular formula is C17H22ClFN2. The maximum absolute atomic E-state index is 13.6. The predicted octanol–water partition coefficient (Wildman–Crippen LogP) is 4.93. The molecule has 1 aromatic heterocycles. The third-order valence-corrected chi connectivity index (χ3v) is 4.90. The molecular weight excluding hydrogens is 287 g/mol. The van der Waals surface area contributed by atoms with Gasteiger partial charge in [0.25, 0.3) is 0 Å². The van der Waals surface area contributed by atoms with E-state index in [-0.39, 0.29) is 5.82 Å². The molecule has 1 aliphatic rings. The van der Waals surface area contributed by atoms with Crippen LogP contribution in [0.4, 0.5) is 4.39 Å². The van der Waals surface area contributed by atoms with E-state index in [2.05, 4.69) is 16.5 Å². The fraction of sp³-hybridized carbons (Fsp3) is 0.588. The van der Waals surface area contributed by atoms with E-state index in [1.165, 1.54) is 38.2 Å². The summed E-state index contributed by atoms with van der Waals surface area (Å²) in [4.78, 5) is 4.65. The van der Waals surface area contributed by atoms with E-state index >= 15 is 0 Å². The fourth-order valence-electron chi connectivity index (χ4n) is 3.54. The van der Waals surface area contributed by atoms with Gasteiger partial charge < -0.3 is 4.57 Å². The van der Waals surface area contributed by atoms with Crippen LogP contribution in [0.1, 0.15) is 44.9 Å². The van der Waals surface area contributed by atoms with Crippen LogP contribution < -0.4 is 0 Å². The number of hydrogen-bond donors (Lipinski definition) is 0. The van der Waals surface area contributed by atoms with Crippen molar-refractivity contribution in [3.05, 3.63) is 29.8 Å². The Morgan fingerprint density at radius 1 is 1.29 bits per heavy atom. The zero-order valence-electron chi connectivity index (χ0n) is 12.5. The van der Waals surface area contributed by atoms with Gasteiger partial charge in [-0.25, -0.2) is 9.37 Å². The highest BCUT2D eigenvalue weighted by Gasteiger charge is 2.28. The lowest BCUT2D eigenvalue weighted by atomic mass is 9.75. The van der Waals surface area contributed by atoms with Crippen molar-refractivity contribution >= 4 is 22.6 Å². The lowest BCUT2D eigenvalue weighted by Gasteiger charge is -2.34. The Kier molecular flexibility index (Phi) is 4.21. The molecule has 0 amide bonds. The number of alkyl halides is 1. The third-order valence-electron chi connectivity index (χ3n) is 4.71. The molecule has 0 spiro atoms. The van der Waals surface area contributed by atoms with Gasteiger partial charge in [0.1, 0.15) is 11.6 Å². The minimum atomic E-state index is -0.199. The first-order valence-electron chi connectivity index (χ1n) is 7.82. The fourth-order valence-corrected chi connectivity index (χ4v) is 3.71. The van der Waals surface area contributed by atoms with Gasteiger partial charge in [-0.1, -0.05) is 26.2 Å². The third kappa shape index (κ3) is 3.08. The Bertz CT molecular complexity index is 629. The molecule has 114 valence electrons. The first kappa shape index (κ1) is 14.8. The summed E-state index contributed by atoms with van der Waals surface area (Å²) < 4.78 is 15.8. The zero-order chi connectivity index (χ0) is 14.9. The van der Waals surface area contributed by atoms with Gasteiger partial charge in [-0.15, -0.1) is 11.6 Å². The summed E-state index contributed by atoms with van der Waals surface area (Å²) in [5.41, 5.74) is 2.07. The van der Waals surface area contributed by atoms with Crippen LogP contribution in [0.3, 0.4) is 0 Å². The second-order valence-corrected chi connectivity index (χ2v) is 6.94. The maximum Gasteiger partial charge on any atom is 0.125 e. The molecule has 0 aliphatic heterocycles. The van der Waals surface area contributed by atoms with Gasteiger partial charge in [0, 0.05) is 18.8 Å². The molecule has 2 aromatic rings. The number of aryl methyl sites for hydroxylation is 1. The highest BCUT2D eigenvalue weighted by molar-refractivity contribution is 6.17. The molecule has 0 saturated heterocycles. The van der Waals surface area contributed by atoms with Gasteiger partial charge in [-0.3, -0.25) is 0 Å². The first-order chi connectivity index (χ1) is 10.1. The van der Waals surface area contributed by atoms with Crippen molar-refractivity contribution in [2.45, 2.75) is 52.0 Å². The van der Waals surface area contributed by atoms with Crippen molar-refractivity contribution in [2.24, 2.45) is 5.41 Å². The minimum Gasteiger partial charge on any atom is -0.327 e. The van der Waals surface area contributed by atoms with Crippen LogP contribution in [-0.4, -0.2) is 15.4 Å². The number of rotatable bonds is 4. The molecule has 4 heteroatoms. The molecule has 3 rings (SSSR count). The Morgan fingerprint density at radius 3 is 2.76 bits per heavy atom. The summed E-state index contributed by atoms with van der Waals surface area (Å²) in [6.45, 7) is 3.26. The van der Waals surface area contributed by atoms with Crippen LogP contribution >= 0.6 is 11.6 Å². The average molecular weight is 309 g/mol. The normalized spacial score (nSPS) is 18.2. The second-order valence-electron chi connectivity index (χ2n) is 6.56. The van der Waals surface area contributed by atoms with Crippen molar-refractivity contribution < 1.29 is 4.39 Å². The van der Waals surface area contributed by atoms with Crippen molar-refractivity contribution in [1.82, 2.24) is 9.55 Å². The Morgan fingerprint density at radius 2 is 2.05 bits per heavy atom. The Balaban J connectivity index is 2.01. The monoisotopic (exact) mass is 308 g/mol. The van der Waals surface area contributed by atoms with Crippen molar-refractivity contribution in [3.8, 4) is 0 Å². The zero-order valence-corrected chi connectivity index (χ0v) is 13.3. The van der Waals surface area contributed by atoms with Crippen LogP contribution in [-0.2, 0) is 13.0 Å². The van der Waals surface area contributed by atoms with Crippen LogP contribution in [0.2, 0.25) is 0 Å². The van der Waals surface area contributed by atoms with Crippen molar-refractivity contribution in [2.75, 3.05) is 5.88 Å². The number of benzene rings is 1. The Labute approximate surface area is 130 Å². The molecule has 0 bridgehead atoms. The molecule has 2 nitrogen and oxygen atoms in total. The lowest BCUT2D eigenvalue weighted by Crippen LogP contribution is -2.27. The standard InChI is InChI=1S/C17H22ClFN2/c1-17(8-3-2-4-9-17)12-21-15-11-13(19)5-6-14(15)20-16(21)7-10-18/h5-6,11H,2-4,7-10,12H2,1H3. The smallest absolute Gasteiger partial charge is 0.125 e. The van der Waals surface area contributed by atoms with E-state index in [1.807, 2.05) is 0 Å². The van der Waals surface area contributed by atoms with E-state index in [4.69, 9.17) is 11.6 Å². The van der Waals surface area contributed by atoms with Gasteiger partial charge >= 0.3 is 0 Å². The average Bonchev–Trinajstić information content (AvgIpc) is 2.77. The highest BCUT2D eigenvalue weighted by Crippen LogP contribution is 2.38. The van der Waals surface area contributed by atoms with Crippen LogP contribution in [0, 0.1) is 11.2 Å². The molecule has 1 aromatic carbocycles. The van der Waals surface area contributed by atoms with Gasteiger partial charge in [0.2, 0.25) is 0 Å². The molecule has 0 N–H and O–H groups in total. The van der Waals surface area contributed by atoms with Crippen LogP contribution in [0.5, 0.6) is 0 Å². The molecule has 0 unspecified atom stereocenters. The molecule has 0 atom stereocenters. The minimum absolute atomic E-state index is 0.199. The molecule has 1 heterocycles. The number of imidazole rings is 1. The Hall–Kier alpha value is -1.09. The number of nitrogens with zero attached hydrogens (tertiary/aromatic N) is 2. The maximum atomic E-state index is 13.6. The van der Waals surface area contributed by atoms with Gasteiger partial charge in [-0.05, 0) is 36.5 Å². The van der Waals surface area contributed by atoms with Crippen molar-refractivity contribution in [1.29, 1.82) is 0 Å². The van der Waals surface area contributed by atoms with Gasteiger partial charge in [0.05, 0.1) is 11.0 Å². The number of aromatic nitrogens is 2. The molecule has 1 saturated carbocycles. The number of hydrogen-bond acceptors (Lipinski definition) is 1. The summed E-state index contributed by atoms with van der Waals surface area (Å²) in [7, 11) is 0. The van der Waals surface area contributed by atoms with E-state index in [9.17, 15) is 4.39 Å². The molecule has 1 aliphatic carbocycles. The van der Waals surface area contributed by atoms with Gasteiger partial charge in [-0.2, -0.15) is 0 Å². The van der Waals surface area contributed by atoms with E-state index in [0.29, 0.717) is 11.3 Å². The largest absolute Gasteiger partial charge is 0.327 e. The molecule has 1 fully saturated rings. The van der Waals surface area contributed by atoms with Crippen molar-refractivity contribution in [3.63, 3.8) is 0 Å². The number of fused-ring (bicyclic) bond motifs is 1. The van der Waals surface area contributed by atoms with E-state index in [0.717, 1.165) is 29.8 Å². The lowest BCUT2D eigenvalue weighted by molar-refractivity contribution is 0.183. The second kappa shape index (κ2) is 5.96. The SMILES string of the molecule is CC1(Cn2c(CCCl)nc3ccc(F)cc32)CCCCC1. The van der Waals surface area contributed by atoms with Crippen LogP contribution in [0.25, 0.3) is 11.0 Å². The summed E-state index contributed by atoms with van der Waals surface area (Å²) in [6.07, 6.45) is 7.13. The number of halogens is 2. The summed E-state index contributed by atoms with van der Waals surface area (Å²) in [5.74, 6) is 1.33. The van der Waals surface area contributed by atoms with E-state index in [1.54, 1.807) is 12.1 Å².